The highest BCUT2D eigenvalue weighted by molar-refractivity contribution is 5.98. The minimum absolute atomic E-state index is 0.0429. The van der Waals surface area contributed by atoms with E-state index >= 15 is 0 Å². The predicted octanol–water partition coefficient (Wildman–Crippen LogP) is 3.17. The molecule has 182 valence electrons. The first-order valence-electron chi connectivity index (χ1n) is 11.9. The lowest BCUT2D eigenvalue weighted by atomic mass is 10.0. The first kappa shape index (κ1) is 25.0. The van der Waals surface area contributed by atoms with E-state index in [1.807, 2.05) is 11.8 Å². The standard InChI is InChI=1S/C25H37N3O5/c1-6-23(29)26-19-9-10-20-21(12-19)33-15-17(3)28(24(30)11-18-7-8-18)13-16(2)22(32-5)14-27(4)25(20)31/h9-10,12,16-18,22H,6-8,11,13-15H2,1-5H3,(H,26,29)/t16-,17+,22-/m1/s1. The molecular weight excluding hydrogens is 422 g/mol. The number of amides is 3. The molecule has 0 bridgehead atoms. The van der Waals surface area contributed by atoms with Crippen LogP contribution in [0.15, 0.2) is 18.2 Å². The second-order valence-corrected chi connectivity index (χ2v) is 9.40. The third kappa shape index (κ3) is 6.47. The quantitative estimate of drug-likeness (QED) is 0.731. The SMILES string of the molecule is CCC(=O)Nc1ccc2c(c1)OC[C@H](C)N(C(=O)CC1CC1)C[C@@H](C)[C@H](OC)CN(C)C2=O. The van der Waals surface area contributed by atoms with Gasteiger partial charge in [0.2, 0.25) is 11.8 Å². The summed E-state index contributed by atoms with van der Waals surface area (Å²) in [6.07, 6.45) is 2.94. The van der Waals surface area contributed by atoms with Gasteiger partial charge in [0, 0.05) is 57.8 Å². The van der Waals surface area contributed by atoms with E-state index in [2.05, 4.69) is 12.2 Å². The molecule has 1 N–H and O–H groups in total. The number of hydrogen-bond donors (Lipinski definition) is 1. The van der Waals surface area contributed by atoms with Crippen LogP contribution in [0.1, 0.15) is 56.8 Å². The van der Waals surface area contributed by atoms with Gasteiger partial charge in [0.25, 0.3) is 5.91 Å². The van der Waals surface area contributed by atoms with E-state index in [1.165, 1.54) is 0 Å². The number of ether oxygens (including phenoxy) is 2. The van der Waals surface area contributed by atoms with Crippen molar-refractivity contribution in [3.63, 3.8) is 0 Å². The lowest BCUT2D eigenvalue weighted by molar-refractivity contribution is -0.135. The Morgan fingerprint density at radius 3 is 2.58 bits per heavy atom. The van der Waals surface area contributed by atoms with Crippen molar-refractivity contribution >= 4 is 23.4 Å². The van der Waals surface area contributed by atoms with Gasteiger partial charge in [0.15, 0.2) is 0 Å². The third-order valence-electron chi connectivity index (χ3n) is 6.53. The van der Waals surface area contributed by atoms with Crippen molar-refractivity contribution in [2.45, 2.75) is 58.6 Å². The van der Waals surface area contributed by atoms with Crippen LogP contribution in [0.5, 0.6) is 5.75 Å². The maximum absolute atomic E-state index is 13.2. The maximum Gasteiger partial charge on any atom is 0.257 e. The zero-order valence-corrected chi connectivity index (χ0v) is 20.4. The zero-order valence-electron chi connectivity index (χ0n) is 20.4. The number of anilines is 1. The van der Waals surface area contributed by atoms with Gasteiger partial charge in [-0.05, 0) is 37.8 Å². The van der Waals surface area contributed by atoms with Gasteiger partial charge in [-0.1, -0.05) is 13.8 Å². The van der Waals surface area contributed by atoms with Gasteiger partial charge in [-0.3, -0.25) is 14.4 Å². The Hall–Kier alpha value is -2.61. The molecule has 2 aliphatic rings. The number of nitrogens with zero attached hydrogens (tertiary/aromatic N) is 2. The average Bonchev–Trinajstić information content (AvgIpc) is 3.61. The summed E-state index contributed by atoms with van der Waals surface area (Å²) < 4.78 is 11.8. The summed E-state index contributed by atoms with van der Waals surface area (Å²) in [4.78, 5) is 41.7. The van der Waals surface area contributed by atoms with Crippen molar-refractivity contribution in [2.24, 2.45) is 11.8 Å². The van der Waals surface area contributed by atoms with Gasteiger partial charge in [0.1, 0.15) is 12.4 Å². The summed E-state index contributed by atoms with van der Waals surface area (Å²) in [6, 6.07) is 4.89. The smallest absolute Gasteiger partial charge is 0.257 e. The van der Waals surface area contributed by atoms with E-state index in [4.69, 9.17) is 9.47 Å². The number of fused-ring (bicyclic) bond motifs is 1. The minimum atomic E-state index is -0.214. The Morgan fingerprint density at radius 1 is 1.21 bits per heavy atom. The van der Waals surface area contributed by atoms with Gasteiger partial charge in [-0.2, -0.15) is 0 Å². The van der Waals surface area contributed by atoms with Crippen LogP contribution in [0.3, 0.4) is 0 Å². The highest BCUT2D eigenvalue weighted by Gasteiger charge is 2.33. The van der Waals surface area contributed by atoms with Crippen molar-refractivity contribution in [3.8, 4) is 5.75 Å². The molecule has 1 aromatic rings. The number of carbonyl (C=O) groups is 3. The number of carbonyl (C=O) groups excluding carboxylic acids is 3. The lowest BCUT2D eigenvalue weighted by Gasteiger charge is -2.36. The Balaban J connectivity index is 1.92. The molecule has 0 spiro atoms. The molecule has 1 aliphatic carbocycles. The molecule has 0 aromatic heterocycles. The lowest BCUT2D eigenvalue weighted by Crippen LogP contribution is -2.48. The molecule has 3 rings (SSSR count). The largest absolute Gasteiger partial charge is 0.491 e. The summed E-state index contributed by atoms with van der Waals surface area (Å²) in [7, 11) is 3.38. The fraction of sp³-hybridized carbons (Fsp3) is 0.640. The van der Waals surface area contributed by atoms with Crippen LogP contribution in [0, 0.1) is 11.8 Å². The maximum atomic E-state index is 13.2. The Bertz CT molecular complexity index is 870. The first-order chi connectivity index (χ1) is 15.7. The average molecular weight is 460 g/mol. The Kier molecular flexibility index (Phi) is 8.35. The number of rotatable bonds is 5. The van der Waals surface area contributed by atoms with E-state index < -0.39 is 0 Å². The number of hydrogen-bond acceptors (Lipinski definition) is 5. The highest BCUT2D eigenvalue weighted by atomic mass is 16.5. The van der Waals surface area contributed by atoms with Crippen LogP contribution in [0.4, 0.5) is 5.69 Å². The van der Waals surface area contributed by atoms with E-state index in [1.54, 1.807) is 44.2 Å². The topological polar surface area (TPSA) is 88.2 Å². The van der Waals surface area contributed by atoms with Crippen LogP contribution < -0.4 is 10.1 Å². The van der Waals surface area contributed by atoms with E-state index in [0.717, 1.165) is 12.8 Å². The molecular formula is C25H37N3O5. The third-order valence-corrected chi connectivity index (χ3v) is 6.53. The fourth-order valence-electron chi connectivity index (χ4n) is 4.13. The van der Waals surface area contributed by atoms with Crippen LogP contribution >= 0.6 is 0 Å². The molecule has 8 heteroatoms. The fourth-order valence-corrected chi connectivity index (χ4v) is 4.13. The summed E-state index contributed by atoms with van der Waals surface area (Å²) in [5.41, 5.74) is 0.985. The molecule has 1 aromatic carbocycles. The van der Waals surface area contributed by atoms with Crippen molar-refractivity contribution in [3.05, 3.63) is 23.8 Å². The molecule has 3 amide bonds. The Labute approximate surface area is 196 Å². The predicted molar refractivity (Wildman–Crippen MR) is 126 cm³/mol. The second kappa shape index (κ2) is 11.0. The summed E-state index contributed by atoms with van der Waals surface area (Å²) >= 11 is 0. The Morgan fingerprint density at radius 2 is 1.94 bits per heavy atom. The minimum Gasteiger partial charge on any atom is -0.491 e. The van der Waals surface area contributed by atoms with Crippen LogP contribution in [0.25, 0.3) is 0 Å². The molecule has 1 aliphatic heterocycles. The summed E-state index contributed by atoms with van der Waals surface area (Å²) in [6.45, 7) is 6.98. The molecule has 8 nitrogen and oxygen atoms in total. The summed E-state index contributed by atoms with van der Waals surface area (Å²) in [5, 5.41) is 2.81. The molecule has 1 heterocycles. The molecule has 3 atom stereocenters. The van der Waals surface area contributed by atoms with Gasteiger partial charge in [-0.25, -0.2) is 0 Å². The summed E-state index contributed by atoms with van der Waals surface area (Å²) in [5.74, 6) is 0.776. The zero-order chi connectivity index (χ0) is 24.1. The van der Waals surface area contributed by atoms with E-state index in [-0.39, 0.29) is 42.4 Å². The molecule has 0 saturated heterocycles. The molecule has 1 fully saturated rings. The number of benzene rings is 1. The van der Waals surface area contributed by atoms with E-state index in [9.17, 15) is 14.4 Å². The van der Waals surface area contributed by atoms with Gasteiger partial charge in [0.05, 0.1) is 17.7 Å². The molecule has 0 radical (unpaired) electrons. The normalized spacial score (nSPS) is 24.3. The number of nitrogens with one attached hydrogen (secondary N) is 1. The van der Waals surface area contributed by atoms with E-state index in [0.29, 0.717) is 48.8 Å². The van der Waals surface area contributed by atoms with Crippen LogP contribution in [-0.4, -0.2) is 73.5 Å². The van der Waals surface area contributed by atoms with Crippen molar-refractivity contribution in [2.75, 3.05) is 39.2 Å². The first-order valence-corrected chi connectivity index (χ1v) is 11.9. The van der Waals surface area contributed by atoms with Crippen molar-refractivity contribution < 1.29 is 23.9 Å². The number of methoxy groups -OCH3 is 1. The van der Waals surface area contributed by atoms with Crippen molar-refractivity contribution in [1.82, 2.24) is 9.80 Å². The molecule has 33 heavy (non-hydrogen) atoms. The van der Waals surface area contributed by atoms with Crippen molar-refractivity contribution in [1.29, 1.82) is 0 Å². The highest BCUT2D eigenvalue weighted by Crippen LogP contribution is 2.33. The van der Waals surface area contributed by atoms with Crippen LogP contribution in [0.2, 0.25) is 0 Å². The monoisotopic (exact) mass is 459 g/mol. The second-order valence-electron chi connectivity index (χ2n) is 9.40. The van der Waals surface area contributed by atoms with Gasteiger partial charge in [-0.15, -0.1) is 0 Å². The van der Waals surface area contributed by atoms with Crippen LogP contribution in [-0.2, 0) is 14.3 Å². The molecule has 0 unspecified atom stereocenters. The van der Waals surface area contributed by atoms with Gasteiger partial charge >= 0.3 is 0 Å². The van der Waals surface area contributed by atoms with Gasteiger partial charge < -0.3 is 24.6 Å². The molecule has 1 saturated carbocycles. The number of likely N-dealkylation sites (N-methyl/N-ethyl adjacent to an activating group) is 1.